The Balaban J connectivity index is 3.04. The Morgan fingerprint density at radius 3 is 2.62 bits per heavy atom. The SMILES string of the molecule is Cn1ccsc1=NC(=S)C(F)(F)F. The molecule has 0 aromatic carbocycles. The van der Waals surface area contributed by atoms with E-state index in [1.54, 1.807) is 18.6 Å². The van der Waals surface area contributed by atoms with Gasteiger partial charge >= 0.3 is 6.18 Å². The summed E-state index contributed by atoms with van der Waals surface area (Å²) >= 11 is 5.20. The van der Waals surface area contributed by atoms with Gasteiger partial charge in [0.05, 0.1) is 0 Å². The smallest absolute Gasteiger partial charge is 0.327 e. The fourth-order valence-corrected chi connectivity index (χ4v) is 1.47. The lowest BCUT2D eigenvalue weighted by atomic mass is 10.6. The van der Waals surface area contributed by atoms with Crippen LogP contribution in [0.3, 0.4) is 0 Å². The average molecular weight is 226 g/mol. The summed E-state index contributed by atoms with van der Waals surface area (Å²) in [6.45, 7) is 0. The molecule has 13 heavy (non-hydrogen) atoms. The van der Waals surface area contributed by atoms with Gasteiger partial charge in [-0.2, -0.15) is 13.2 Å². The minimum Gasteiger partial charge on any atom is -0.327 e. The van der Waals surface area contributed by atoms with Gasteiger partial charge in [-0.25, -0.2) is 4.99 Å². The maximum atomic E-state index is 11.9. The molecule has 0 radical (unpaired) electrons. The van der Waals surface area contributed by atoms with Gasteiger partial charge in [-0.05, 0) is 0 Å². The third-order valence-electron chi connectivity index (χ3n) is 1.20. The molecule has 0 saturated carbocycles. The van der Waals surface area contributed by atoms with Crippen LogP contribution in [0.1, 0.15) is 0 Å². The van der Waals surface area contributed by atoms with E-state index in [4.69, 9.17) is 0 Å². The maximum Gasteiger partial charge on any atom is 0.444 e. The first-order valence-electron chi connectivity index (χ1n) is 3.17. The zero-order chi connectivity index (χ0) is 10.1. The van der Waals surface area contributed by atoms with Crippen molar-refractivity contribution < 1.29 is 13.2 Å². The highest BCUT2D eigenvalue weighted by molar-refractivity contribution is 7.80. The first-order valence-corrected chi connectivity index (χ1v) is 4.46. The van der Waals surface area contributed by atoms with Crippen molar-refractivity contribution in [2.24, 2.45) is 12.0 Å². The molecule has 1 heterocycles. The first kappa shape index (κ1) is 10.4. The van der Waals surface area contributed by atoms with E-state index in [0.717, 1.165) is 11.3 Å². The Morgan fingerprint density at radius 2 is 2.23 bits per heavy atom. The number of nitrogens with zero attached hydrogens (tertiary/aromatic N) is 2. The van der Waals surface area contributed by atoms with Gasteiger partial charge in [0.15, 0.2) is 4.80 Å². The van der Waals surface area contributed by atoms with Crippen LogP contribution in [-0.4, -0.2) is 15.7 Å². The molecule has 0 saturated heterocycles. The number of aryl methyl sites for hydroxylation is 1. The van der Waals surface area contributed by atoms with Gasteiger partial charge in [0.2, 0.25) is 4.99 Å². The van der Waals surface area contributed by atoms with Crippen LogP contribution < -0.4 is 4.80 Å². The predicted octanol–water partition coefficient (Wildman–Crippen LogP) is 1.88. The molecular weight excluding hydrogens is 221 g/mol. The van der Waals surface area contributed by atoms with E-state index in [1.165, 1.54) is 4.57 Å². The fourth-order valence-electron chi connectivity index (χ4n) is 0.585. The van der Waals surface area contributed by atoms with E-state index in [1.807, 2.05) is 0 Å². The van der Waals surface area contributed by atoms with Crippen molar-refractivity contribution in [1.29, 1.82) is 0 Å². The van der Waals surface area contributed by atoms with Crippen molar-refractivity contribution in [2.75, 3.05) is 0 Å². The van der Waals surface area contributed by atoms with Gasteiger partial charge in [0.25, 0.3) is 0 Å². The normalized spacial score (nSPS) is 13.4. The van der Waals surface area contributed by atoms with Crippen LogP contribution >= 0.6 is 23.6 Å². The predicted molar refractivity (Wildman–Crippen MR) is 47.5 cm³/mol. The Kier molecular flexibility index (Phi) is 2.87. The molecule has 0 unspecified atom stereocenters. The molecule has 72 valence electrons. The van der Waals surface area contributed by atoms with Crippen molar-refractivity contribution in [3.05, 3.63) is 16.4 Å². The lowest BCUT2D eigenvalue weighted by molar-refractivity contribution is -0.0573. The molecule has 2 nitrogen and oxygen atoms in total. The lowest BCUT2D eigenvalue weighted by Gasteiger charge is -2.01. The van der Waals surface area contributed by atoms with Crippen molar-refractivity contribution in [1.82, 2.24) is 4.57 Å². The van der Waals surface area contributed by atoms with E-state index in [9.17, 15) is 13.2 Å². The van der Waals surface area contributed by atoms with E-state index in [0.29, 0.717) is 0 Å². The zero-order valence-corrected chi connectivity index (χ0v) is 8.13. The Labute approximate surface area is 81.3 Å². The number of alkyl halides is 3. The summed E-state index contributed by atoms with van der Waals surface area (Å²) < 4.78 is 37.3. The van der Waals surface area contributed by atoms with Crippen molar-refractivity contribution >= 4 is 28.5 Å². The molecule has 1 rings (SSSR count). The van der Waals surface area contributed by atoms with Gasteiger partial charge in [-0.1, -0.05) is 12.2 Å². The molecule has 0 aliphatic heterocycles. The molecule has 0 N–H and O–H groups in total. The summed E-state index contributed by atoms with van der Waals surface area (Å²) in [5, 5.41) is 1.64. The average Bonchev–Trinajstić information content (AvgIpc) is 2.34. The van der Waals surface area contributed by atoms with Crippen molar-refractivity contribution in [2.45, 2.75) is 6.18 Å². The summed E-state index contributed by atoms with van der Waals surface area (Å²) in [7, 11) is 1.61. The van der Waals surface area contributed by atoms with E-state index in [-0.39, 0.29) is 4.80 Å². The molecule has 0 aliphatic rings. The quantitative estimate of drug-likeness (QED) is 0.617. The number of halogens is 3. The number of thiazole rings is 1. The standard InChI is InChI=1S/C6H5F3N2S2/c1-11-2-3-13-5(11)10-4(12)6(7,8)9/h2-3H,1H3. The third-order valence-corrected chi connectivity index (χ3v) is 2.37. The zero-order valence-electron chi connectivity index (χ0n) is 6.50. The van der Waals surface area contributed by atoms with Crippen LogP contribution in [0.4, 0.5) is 13.2 Å². The molecular formula is C6H5F3N2S2. The summed E-state index contributed by atoms with van der Waals surface area (Å²) in [6.07, 6.45) is -2.91. The Hall–Kier alpha value is -0.690. The van der Waals surface area contributed by atoms with Crippen molar-refractivity contribution in [3.63, 3.8) is 0 Å². The van der Waals surface area contributed by atoms with Crippen LogP contribution in [0.25, 0.3) is 0 Å². The van der Waals surface area contributed by atoms with Gasteiger partial charge in [0, 0.05) is 18.6 Å². The molecule has 0 spiro atoms. The molecule has 0 atom stereocenters. The topological polar surface area (TPSA) is 17.3 Å². The second-order valence-corrected chi connectivity index (χ2v) is 3.47. The highest BCUT2D eigenvalue weighted by Crippen LogP contribution is 2.17. The highest BCUT2D eigenvalue weighted by atomic mass is 32.1. The monoisotopic (exact) mass is 226 g/mol. The second-order valence-electron chi connectivity index (χ2n) is 2.21. The summed E-state index contributed by atoms with van der Waals surface area (Å²) in [5.41, 5.74) is 0. The molecule has 0 amide bonds. The maximum absolute atomic E-state index is 11.9. The molecule has 0 bridgehead atoms. The van der Waals surface area contributed by atoms with E-state index < -0.39 is 11.2 Å². The third kappa shape index (κ3) is 2.63. The molecule has 1 aromatic rings. The van der Waals surface area contributed by atoms with Crippen molar-refractivity contribution in [3.8, 4) is 0 Å². The van der Waals surface area contributed by atoms with Gasteiger partial charge in [-0.3, -0.25) is 0 Å². The first-order chi connectivity index (χ1) is 5.91. The molecule has 7 heteroatoms. The van der Waals surface area contributed by atoms with E-state index in [2.05, 4.69) is 17.2 Å². The van der Waals surface area contributed by atoms with Gasteiger partial charge < -0.3 is 4.57 Å². The Bertz CT molecular complexity index is 374. The van der Waals surface area contributed by atoms with Crippen LogP contribution in [0.15, 0.2) is 16.6 Å². The molecule has 1 aromatic heterocycles. The van der Waals surface area contributed by atoms with Gasteiger partial charge in [0.1, 0.15) is 0 Å². The summed E-state index contributed by atoms with van der Waals surface area (Å²) in [4.78, 5) is 2.27. The minimum atomic E-state index is -4.52. The van der Waals surface area contributed by atoms with Crippen LogP contribution in [0.2, 0.25) is 0 Å². The summed E-state index contributed by atoms with van der Waals surface area (Å²) in [5.74, 6) is 0. The second kappa shape index (κ2) is 3.59. The Morgan fingerprint density at radius 1 is 1.62 bits per heavy atom. The number of aromatic nitrogens is 1. The number of hydrogen-bond donors (Lipinski definition) is 0. The van der Waals surface area contributed by atoms with Crippen LogP contribution in [-0.2, 0) is 7.05 Å². The molecule has 0 fully saturated rings. The van der Waals surface area contributed by atoms with Crippen LogP contribution in [0, 0.1) is 0 Å². The minimum absolute atomic E-state index is 0.238. The number of thiocarbonyl (C=S) groups is 1. The highest BCUT2D eigenvalue weighted by Gasteiger charge is 2.34. The fraction of sp³-hybridized carbons (Fsp3) is 0.333. The number of hydrogen-bond acceptors (Lipinski definition) is 2. The number of rotatable bonds is 0. The largest absolute Gasteiger partial charge is 0.444 e. The summed E-state index contributed by atoms with van der Waals surface area (Å²) in [6, 6.07) is 0. The van der Waals surface area contributed by atoms with Gasteiger partial charge in [-0.15, -0.1) is 11.3 Å². The molecule has 0 aliphatic carbocycles. The van der Waals surface area contributed by atoms with Crippen LogP contribution in [0.5, 0.6) is 0 Å². The lowest BCUT2D eigenvalue weighted by Crippen LogP contribution is -2.22. The van der Waals surface area contributed by atoms with E-state index >= 15 is 0 Å².